The number of piperidine rings is 1. The lowest BCUT2D eigenvalue weighted by Crippen LogP contribution is -2.52. The first kappa shape index (κ1) is 26.5. The van der Waals surface area contributed by atoms with E-state index in [1.165, 1.54) is 22.1 Å². The number of nitriles is 1. The van der Waals surface area contributed by atoms with Gasteiger partial charge >= 0.3 is 12.4 Å². The summed E-state index contributed by atoms with van der Waals surface area (Å²) in [4.78, 5) is 20.3. The molecule has 3 aromatic rings. The van der Waals surface area contributed by atoms with Crippen LogP contribution in [0.3, 0.4) is 0 Å². The van der Waals surface area contributed by atoms with Crippen LogP contribution < -0.4 is 9.80 Å². The molecular weight excluding hydrogens is 528 g/mol. The van der Waals surface area contributed by atoms with E-state index in [0.717, 1.165) is 5.56 Å². The Bertz CT molecular complexity index is 1430. The van der Waals surface area contributed by atoms with Crippen LogP contribution in [0.5, 0.6) is 0 Å². The zero-order valence-electron chi connectivity index (χ0n) is 20.4. The zero-order chi connectivity index (χ0) is 28.1. The molecule has 1 aliphatic heterocycles. The quantitative estimate of drug-likeness (QED) is 0.449. The van der Waals surface area contributed by atoms with Crippen molar-refractivity contribution in [1.29, 1.82) is 5.26 Å². The number of hydrogen-bond acceptors (Lipinski definition) is 6. The van der Waals surface area contributed by atoms with Gasteiger partial charge in [0.05, 0.1) is 18.3 Å². The van der Waals surface area contributed by atoms with Crippen LogP contribution in [0, 0.1) is 24.2 Å². The van der Waals surface area contributed by atoms with Crippen LogP contribution in [0.4, 0.5) is 37.8 Å². The average molecular weight is 549 g/mol. The molecule has 3 heterocycles. The number of pyridine rings is 1. The maximum atomic E-state index is 14.2. The number of carbonyl (C=O) groups excluding carboxylic acids is 1. The van der Waals surface area contributed by atoms with Gasteiger partial charge < -0.3 is 9.80 Å². The Balaban J connectivity index is 1.65. The van der Waals surface area contributed by atoms with Crippen LogP contribution in [0.1, 0.15) is 47.3 Å². The van der Waals surface area contributed by atoms with E-state index in [1.54, 1.807) is 18.2 Å². The molecule has 0 radical (unpaired) electrons. The molecule has 8 nitrogen and oxygen atoms in total. The molecule has 0 spiro atoms. The number of aryl methyl sites for hydroxylation is 1. The van der Waals surface area contributed by atoms with Gasteiger partial charge in [0.2, 0.25) is 5.91 Å². The minimum atomic E-state index is -5.25. The third-order valence-corrected chi connectivity index (χ3v) is 7.16. The van der Waals surface area contributed by atoms with Crippen molar-refractivity contribution in [2.45, 2.75) is 57.2 Å². The van der Waals surface area contributed by atoms with Crippen molar-refractivity contribution >= 4 is 17.4 Å². The number of nitrogens with zero attached hydrogens (tertiary/aromatic N) is 6. The fourth-order valence-corrected chi connectivity index (χ4v) is 5.52. The first-order chi connectivity index (χ1) is 18.4. The molecule has 1 amide bonds. The van der Waals surface area contributed by atoms with Crippen LogP contribution in [0.25, 0.3) is 0 Å². The molecule has 2 aliphatic rings. The molecule has 1 N–H and O–H groups in total. The second-order valence-electron chi connectivity index (χ2n) is 9.66. The van der Waals surface area contributed by atoms with Crippen molar-refractivity contribution in [3.63, 3.8) is 0 Å². The van der Waals surface area contributed by atoms with E-state index in [2.05, 4.69) is 20.4 Å². The number of amides is 1. The summed E-state index contributed by atoms with van der Waals surface area (Å²) in [6.45, 7) is 1.77. The lowest BCUT2D eigenvalue weighted by molar-refractivity contribution is -0.145. The Hall–Kier alpha value is -4.15. The van der Waals surface area contributed by atoms with Gasteiger partial charge in [0.1, 0.15) is 34.9 Å². The van der Waals surface area contributed by atoms with Gasteiger partial charge in [-0.2, -0.15) is 47.0 Å². The summed E-state index contributed by atoms with van der Waals surface area (Å²) in [6.07, 6.45) is -7.69. The van der Waals surface area contributed by atoms with Gasteiger partial charge in [0.15, 0.2) is 0 Å². The smallest absolute Gasteiger partial charge is 0.340 e. The third kappa shape index (κ3) is 4.88. The van der Waals surface area contributed by atoms with E-state index in [1.807, 2.05) is 13.0 Å². The number of alkyl halides is 6. The van der Waals surface area contributed by atoms with E-state index in [4.69, 9.17) is 0 Å². The SMILES string of the molecule is Cc1cccc(N(Cc2cn[nH]n2)C(=O)[C@@H]2[C@H]3CC[C@H](C3)N2c2nc(C(F)(F)F)cc(C(F)(F)F)c2C#N)c1. The van der Waals surface area contributed by atoms with Gasteiger partial charge in [-0.15, -0.1) is 0 Å². The van der Waals surface area contributed by atoms with E-state index in [9.17, 15) is 36.4 Å². The van der Waals surface area contributed by atoms with Gasteiger partial charge in [0.25, 0.3) is 0 Å². The van der Waals surface area contributed by atoms with E-state index < -0.39 is 53.0 Å². The van der Waals surface area contributed by atoms with Crippen LogP contribution in [-0.4, -0.2) is 38.4 Å². The number of carbonyl (C=O) groups is 1. The Morgan fingerprint density at radius 2 is 1.95 bits per heavy atom. The number of aromatic amines is 1. The Kier molecular flexibility index (Phi) is 6.48. The van der Waals surface area contributed by atoms with Crippen LogP contribution >= 0.6 is 0 Å². The fourth-order valence-electron chi connectivity index (χ4n) is 5.52. The zero-order valence-corrected chi connectivity index (χ0v) is 20.4. The van der Waals surface area contributed by atoms with E-state index >= 15 is 0 Å². The number of benzene rings is 1. The van der Waals surface area contributed by atoms with Gasteiger partial charge in [-0.25, -0.2) is 4.98 Å². The number of nitrogens with one attached hydrogen (secondary N) is 1. The molecule has 3 atom stereocenters. The highest BCUT2D eigenvalue weighted by Crippen LogP contribution is 2.48. The highest BCUT2D eigenvalue weighted by atomic mass is 19.4. The van der Waals surface area contributed by atoms with Crippen molar-refractivity contribution in [2.24, 2.45) is 5.92 Å². The number of hydrogen-bond donors (Lipinski definition) is 1. The number of fused-ring (bicyclic) bond motifs is 2. The predicted octanol–water partition coefficient (Wildman–Crippen LogP) is 5.01. The second-order valence-corrected chi connectivity index (χ2v) is 9.66. The predicted molar refractivity (Wildman–Crippen MR) is 125 cm³/mol. The molecule has 1 saturated heterocycles. The lowest BCUT2D eigenvalue weighted by atomic mass is 9.95. The summed E-state index contributed by atoms with van der Waals surface area (Å²) in [5.74, 6) is -1.69. The minimum absolute atomic E-state index is 0.0462. The largest absolute Gasteiger partial charge is 0.433 e. The molecular formula is C25H21F6N7O. The van der Waals surface area contributed by atoms with Crippen molar-refractivity contribution < 1.29 is 31.1 Å². The Labute approximate surface area is 218 Å². The normalized spacial score (nSPS) is 20.8. The topological polar surface area (TPSA) is 102 Å². The molecule has 0 unspecified atom stereocenters. The summed E-state index contributed by atoms with van der Waals surface area (Å²) in [7, 11) is 0. The molecule has 14 heteroatoms. The molecule has 5 rings (SSSR count). The van der Waals surface area contributed by atoms with Gasteiger partial charge in [0, 0.05) is 11.7 Å². The summed E-state index contributed by atoms with van der Waals surface area (Å²) in [5.41, 5.74) is -2.87. The number of anilines is 2. The lowest BCUT2D eigenvalue weighted by Gasteiger charge is -2.39. The summed E-state index contributed by atoms with van der Waals surface area (Å²) >= 11 is 0. The number of halogens is 6. The maximum Gasteiger partial charge on any atom is 0.433 e. The number of aromatic nitrogens is 4. The number of H-pyrrole nitrogens is 1. The standard InChI is InChI=1S/C25H21F6N7O/c1-13-3-2-4-16(7-13)37(12-15-11-33-36-35-15)23(39)21-14-5-6-17(8-14)38(21)22-18(10-32)19(24(26,27)28)9-20(34-22)25(29,30)31/h2-4,7,9,11,14,17,21H,5-6,8,12H2,1H3,(H,33,35,36)/t14-,17+,21-/m0/s1. The van der Waals surface area contributed by atoms with E-state index in [0.29, 0.717) is 30.6 Å². The molecule has 1 aromatic carbocycles. The number of rotatable bonds is 5. The highest BCUT2D eigenvalue weighted by molar-refractivity contribution is 6.00. The monoisotopic (exact) mass is 549 g/mol. The third-order valence-electron chi connectivity index (χ3n) is 7.16. The maximum absolute atomic E-state index is 14.2. The second kappa shape index (κ2) is 9.55. The minimum Gasteiger partial charge on any atom is -0.340 e. The summed E-state index contributed by atoms with van der Waals surface area (Å²) in [6, 6.07) is 6.51. The molecule has 2 bridgehead atoms. The van der Waals surface area contributed by atoms with Gasteiger partial charge in [-0.05, 0) is 55.9 Å². The summed E-state index contributed by atoms with van der Waals surface area (Å²) < 4.78 is 82.6. The molecule has 1 saturated carbocycles. The Morgan fingerprint density at radius 1 is 1.18 bits per heavy atom. The molecule has 39 heavy (non-hydrogen) atoms. The van der Waals surface area contributed by atoms with Crippen molar-refractivity contribution in [3.05, 3.63) is 64.6 Å². The van der Waals surface area contributed by atoms with E-state index in [-0.39, 0.29) is 18.5 Å². The highest BCUT2D eigenvalue weighted by Gasteiger charge is 2.53. The molecule has 204 valence electrons. The van der Waals surface area contributed by atoms with Crippen LogP contribution in [-0.2, 0) is 23.7 Å². The fraction of sp³-hybridized carbons (Fsp3) is 0.400. The van der Waals surface area contributed by atoms with Crippen LogP contribution in [0.15, 0.2) is 36.5 Å². The van der Waals surface area contributed by atoms with Crippen LogP contribution in [0.2, 0.25) is 0 Å². The Morgan fingerprint density at radius 3 is 2.56 bits per heavy atom. The van der Waals surface area contributed by atoms with Gasteiger partial charge in [-0.1, -0.05) is 12.1 Å². The van der Waals surface area contributed by atoms with Crippen molar-refractivity contribution in [1.82, 2.24) is 20.4 Å². The molecule has 2 fully saturated rings. The summed E-state index contributed by atoms with van der Waals surface area (Å²) in [5, 5.41) is 19.9. The first-order valence-electron chi connectivity index (χ1n) is 12.0. The molecule has 1 aliphatic carbocycles. The van der Waals surface area contributed by atoms with Crippen molar-refractivity contribution in [3.8, 4) is 6.07 Å². The van der Waals surface area contributed by atoms with Gasteiger partial charge in [-0.3, -0.25) is 4.79 Å². The first-order valence-corrected chi connectivity index (χ1v) is 12.0. The molecule has 2 aromatic heterocycles. The average Bonchev–Trinajstić information content (AvgIpc) is 3.63. The van der Waals surface area contributed by atoms with Crippen molar-refractivity contribution in [2.75, 3.05) is 9.80 Å².